The Morgan fingerprint density at radius 3 is 0.863 bits per heavy atom. The van der Waals surface area contributed by atoms with E-state index in [1.807, 2.05) is 24.3 Å². The summed E-state index contributed by atoms with van der Waals surface area (Å²) in [5.74, 6) is -1.21. The molecule has 0 aromatic heterocycles. The van der Waals surface area contributed by atoms with Crippen molar-refractivity contribution in [1.82, 2.24) is 0 Å². The molecule has 0 rings (SSSR count). The minimum atomic E-state index is -0.884. The summed E-state index contributed by atoms with van der Waals surface area (Å²) < 4.78 is 16.6. The monoisotopic (exact) mass is 999 g/mol. The van der Waals surface area contributed by atoms with E-state index in [1.165, 1.54) is 25.7 Å². The van der Waals surface area contributed by atoms with E-state index < -0.39 is 18.0 Å². The highest BCUT2D eigenvalue weighted by molar-refractivity contribution is 5.71. The molecule has 0 bridgehead atoms. The molecule has 0 aromatic rings. The van der Waals surface area contributed by atoms with Crippen LogP contribution < -0.4 is 0 Å². The van der Waals surface area contributed by atoms with Crippen LogP contribution in [-0.4, -0.2) is 37.2 Å². The molecule has 73 heavy (non-hydrogen) atoms. The van der Waals surface area contributed by atoms with E-state index in [0.717, 1.165) is 103 Å². The van der Waals surface area contributed by atoms with Crippen molar-refractivity contribution >= 4 is 17.9 Å². The van der Waals surface area contributed by atoms with Gasteiger partial charge in [0.15, 0.2) is 6.10 Å². The van der Waals surface area contributed by atoms with Crippen molar-refractivity contribution in [1.29, 1.82) is 0 Å². The Morgan fingerprint density at radius 2 is 0.548 bits per heavy atom. The SMILES string of the molecule is CC/C=C\C/C=C\C/C=C\C/C=C\C/C=C\C/C=C\CCC(=O)OC[C@H](COC(=O)CCC/C=C\C/C=C\C/C=C\C/C=C\C/C=C\CC)OC(=O)CC/C=C\C/C=C\C/C=C\C/C=C\C/C=C\CCCCC. The largest absolute Gasteiger partial charge is 0.462 e. The normalized spacial score (nSPS) is 13.6. The molecule has 0 unspecified atom stereocenters. The number of allylic oxidation sites excluding steroid dienone is 32. The van der Waals surface area contributed by atoms with Crippen LogP contribution in [0.15, 0.2) is 194 Å². The van der Waals surface area contributed by atoms with E-state index in [9.17, 15) is 14.4 Å². The molecule has 0 aromatic carbocycles. The Balaban J connectivity index is 4.75. The molecule has 0 aliphatic heterocycles. The lowest BCUT2D eigenvalue weighted by molar-refractivity contribution is -0.166. The minimum Gasteiger partial charge on any atom is -0.462 e. The molecule has 1 atom stereocenters. The fraction of sp³-hybridized carbons (Fsp3) is 0.478. The number of hydrogen-bond donors (Lipinski definition) is 0. The van der Waals surface area contributed by atoms with Crippen LogP contribution in [0.3, 0.4) is 0 Å². The average molecular weight is 1000 g/mol. The van der Waals surface area contributed by atoms with E-state index in [2.05, 4.69) is 191 Å². The van der Waals surface area contributed by atoms with Gasteiger partial charge in [-0.15, -0.1) is 0 Å². The van der Waals surface area contributed by atoms with Gasteiger partial charge in [0, 0.05) is 19.3 Å². The van der Waals surface area contributed by atoms with Gasteiger partial charge in [0.1, 0.15) is 13.2 Å². The van der Waals surface area contributed by atoms with Crippen LogP contribution in [0.25, 0.3) is 0 Å². The van der Waals surface area contributed by atoms with Gasteiger partial charge >= 0.3 is 17.9 Å². The quantitative estimate of drug-likeness (QED) is 0.0262. The van der Waals surface area contributed by atoms with Crippen LogP contribution in [-0.2, 0) is 28.6 Å². The summed E-state index contributed by atoms with van der Waals surface area (Å²) in [6.07, 6.45) is 90.2. The fourth-order valence-electron chi connectivity index (χ4n) is 6.48. The topological polar surface area (TPSA) is 78.9 Å². The zero-order valence-corrected chi connectivity index (χ0v) is 45.8. The average Bonchev–Trinajstić information content (AvgIpc) is 3.39. The van der Waals surface area contributed by atoms with E-state index in [0.29, 0.717) is 19.3 Å². The molecule has 0 radical (unpaired) electrons. The lowest BCUT2D eigenvalue weighted by Gasteiger charge is -2.18. The van der Waals surface area contributed by atoms with Crippen molar-refractivity contribution in [2.24, 2.45) is 0 Å². The summed E-state index contributed by atoms with van der Waals surface area (Å²) in [6.45, 7) is 6.17. The predicted octanol–water partition coefficient (Wildman–Crippen LogP) is 19.1. The maximum Gasteiger partial charge on any atom is 0.306 e. The molecular weight excluding hydrogens is 901 g/mol. The molecule has 0 saturated heterocycles. The number of hydrogen-bond acceptors (Lipinski definition) is 6. The molecule has 402 valence electrons. The van der Waals surface area contributed by atoms with Gasteiger partial charge in [-0.3, -0.25) is 14.4 Å². The summed E-state index contributed by atoms with van der Waals surface area (Å²) in [7, 11) is 0. The smallest absolute Gasteiger partial charge is 0.306 e. The minimum absolute atomic E-state index is 0.166. The van der Waals surface area contributed by atoms with Crippen LogP contribution in [0.1, 0.15) is 188 Å². The van der Waals surface area contributed by atoms with Crippen molar-refractivity contribution in [3.8, 4) is 0 Å². The molecule has 0 aliphatic carbocycles. The molecule has 0 spiro atoms. The first-order chi connectivity index (χ1) is 36.0. The van der Waals surface area contributed by atoms with E-state index >= 15 is 0 Å². The Hall–Kier alpha value is -5.75. The Bertz CT molecular complexity index is 1810. The molecule has 0 aliphatic rings. The second kappa shape index (κ2) is 58.8. The predicted molar refractivity (Wildman–Crippen MR) is 315 cm³/mol. The summed E-state index contributed by atoms with van der Waals surface area (Å²) in [4.78, 5) is 38.1. The summed E-state index contributed by atoms with van der Waals surface area (Å²) in [5.41, 5.74) is 0. The first-order valence-electron chi connectivity index (χ1n) is 27.9. The van der Waals surface area contributed by atoms with Crippen molar-refractivity contribution in [3.05, 3.63) is 194 Å². The van der Waals surface area contributed by atoms with Gasteiger partial charge in [-0.05, 0) is 135 Å². The second-order valence-electron chi connectivity index (χ2n) is 17.4. The van der Waals surface area contributed by atoms with Crippen LogP contribution >= 0.6 is 0 Å². The maximum atomic E-state index is 12.8. The highest BCUT2D eigenvalue weighted by Crippen LogP contribution is 2.08. The van der Waals surface area contributed by atoms with Crippen LogP contribution in [0.4, 0.5) is 0 Å². The molecule has 0 fully saturated rings. The Labute approximate surface area is 446 Å². The van der Waals surface area contributed by atoms with Crippen molar-refractivity contribution in [2.75, 3.05) is 13.2 Å². The Kier molecular flexibility index (Phi) is 54.2. The fourth-order valence-corrected chi connectivity index (χ4v) is 6.48. The lowest BCUT2D eigenvalue weighted by Crippen LogP contribution is -2.30. The molecule has 0 amide bonds. The zero-order valence-electron chi connectivity index (χ0n) is 45.8. The van der Waals surface area contributed by atoms with Gasteiger partial charge in [0.25, 0.3) is 0 Å². The first-order valence-corrected chi connectivity index (χ1v) is 27.9. The van der Waals surface area contributed by atoms with Gasteiger partial charge in [-0.1, -0.05) is 228 Å². The van der Waals surface area contributed by atoms with E-state index in [4.69, 9.17) is 14.2 Å². The van der Waals surface area contributed by atoms with Crippen molar-refractivity contribution in [3.63, 3.8) is 0 Å². The standard InChI is InChI=1S/C67H98O6/c1-4-7-10-13-16-19-22-25-28-31-33-36-39-42-45-48-51-54-57-60-66(69)72-63-64(62-71-65(68)59-56-53-50-47-44-41-38-35-30-27-24-21-18-15-12-9-6-3)73-67(70)61-58-55-52-49-46-43-40-37-34-32-29-26-23-20-17-14-11-8-5-2/h7,9-10,12,16-21,25-30,33-34,36-38,41-43,45-47,50-52,54-55,64H,4-6,8,11,13-15,22-24,31-32,35,39-40,44,48-49,53,56-63H2,1-3H3/b10-7-,12-9-,19-16-,20-17-,21-18-,28-25-,29-26-,30-27-,36-33-,37-34-,41-38-,45-42-,46-43-,50-47-,54-51-,55-52-/t64-/m0/s1. The second-order valence-corrected chi connectivity index (χ2v) is 17.4. The summed E-state index contributed by atoms with van der Waals surface area (Å²) >= 11 is 0. The molecule has 0 N–H and O–H groups in total. The third-order valence-corrected chi connectivity index (χ3v) is 10.6. The van der Waals surface area contributed by atoms with Gasteiger partial charge in [-0.25, -0.2) is 0 Å². The van der Waals surface area contributed by atoms with Gasteiger partial charge in [0.2, 0.25) is 0 Å². The van der Waals surface area contributed by atoms with E-state index in [1.54, 1.807) is 0 Å². The third kappa shape index (κ3) is 57.0. The van der Waals surface area contributed by atoms with Gasteiger partial charge in [0.05, 0.1) is 0 Å². The highest BCUT2D eigenvalue weighted by atomic mass is 16.6. The third-order valence-electron chi connectivity index (χ3n) is 10.6. The van der Waals surface area contributed by atoms with Crippen molar-refractivity contribution < 1.29 is 28.6 Å². The van der Waals surface area contributed by atoms with Crippen LogP contribution in [0, 0.1) is 0 Å². The number of carbonyl (C=O) groups excluding carboxylic acids is 3. The number of unbranched alkanes of at least 4 members (excludes halogenated alkanes) is 4. The van der Waals surface area contributed by atoms with Crippen LogP contribution in [0.5, 0.6) is 0 Å². The van der Waals surface area contributed by atoms with Crippen LogP contribution in [0.2, 0.25) is 0 Å². The number of carbonyl (C=O) groups is 3. The Morgan fingerprint density at radius 1 is 0.288 bits per heavy atom. The van der Waals surface area contributed by atoms with E-state index in [-0.39, 0.29) is 38.4 Å². The van der Waals surface area contributed by atoms with Crippen molar-refractivity contribution in [2.45, 2.75) is 194 Å². The lowest BCUT2D eigenvalue weighted by atomic mass is 10.2. The number of ether oxygens (including phenoxy) is 3. The van der Waals surface area contributed by atoms with Gasteiger partial charge in [-0.2, -0.15) is 0 Å². The molecule has 0 heterocycles. The van der Waals surface area contributed by atoms with Gasteiger partial charge < -0.3 is 14.2 Å². The highest BCUT2D eigenvalue weighted by Gasteiger charge is 2.19. The number of rotatable bonds is 47. The first kappa shape index (κ1) is 67.2. The molecule has 6 nitrogen and oxygen atoms in total. The number of esters is 3. The molecule has 6 heteroatoms. The summed E-state index contributed by atoms with van der Waals surface area (Å²) in [6, 6.07) is 0. The maximum absolute atomic E-state index is 12.8. The zero-order chi connectivity index (χ0) is 52.9. The summed E-state index contributed by atoms with van der Waals surface area (Å²) in [5, 5.41) is 0. The molecule has 0 saturated carbocycles. The molecular formula is C67H98O6.